The van der Waals surface area contributed by atoms with Crippen molar-refractivity contribution in [2.75, 3.05) is 54.5 Å². The van der Waals surface area contributed by atoms with Crippen molar-refractivity contribution in [3.63, 3.8) is 0 Å². The Morgan fingerprint density at radius 2 is 1.75 bits per heavy atom. The number of methoxy groups -OCH3 is 2. The van der Waals surface area contributed by atoms with E-state index in [1.165, 1.54) is 11.9 Å². The molecule has 0 aliphatic rings. The predicted octanol–water partition coefficient (Wildman–Crippen LogP) is 2.91. The highest BCUT2D eigenvalue weighted by atomic mass is 127. The van der Waals surface area contributed by atoms with Gasteiger partial charge in [-0.3, -0.25) is 9.89 Å². The van der Waals surface area contributed by atoms with E-state index in [9.17, 15) is 13.2 Å². The van der Waals surface area contributed by atoms with Crippen LogP contribution in [0.25, 0.3) is 0 Å². The van der Waals surface area contributed by atoms with Crippen LogP contribution in [0.5, 0.6) is 11.5 Å². The molecule has 0 unspecified atom stereocenters. The van der Waals surface area contributed by atoms with Crippen LogP contribution in [0, 0.1) is 0 Å². The third kappa shape index (κ3) is 10.8. The van der Waals surface area contributed by atoms with Crippen molar-refractivity contribution in [3.8, 4) is 11.5 Å². The van der Waals surface area contributed by atoms with Gasteiger partial charge in [-0.2, -0.15) is 13.2 Å². The molecule has 0 fully saturated rings. The summed E-state index contributed by atoms with van der Waals surface area (Å²) in [6, 6.07) is 5.75. The standard InChI is InChI=1S/C18H29F3N4O2.HI/c1-22-17(23-9-5-11-25(2)13-18(19,20)21)24-10-8-14-6-7-15(26-3)16(12-14)27-4;/h6-7,12H,5,8-11,13H2,1-4H3,(H2,22,23,24);1H. The molecule has 0 spiro atoms. The van der Waals surface area contributed by atoms with Crippen LogP contribution in [0.1, 0.15) is 12.0 Å². The topological polar surface area (TPSA) is 58.1 Å². The normalized spacial score (nSPS) is 11.8. The summed E-state index contributed by atoms with van der Waals surface area (Å²) < 4.78 is 47.3. The lowest BCUT2D eigenvalue weighted by Crippen LogP contribution is -2.40. The Kier molecular flexibility index (Phi) is 13.0. The fraction of sp³-hybridized carbons (Fsp3) is 0.611. The smallest absolute Gasteiger partial charge is 0.401 e. The van der Waals surface area contributed by atoms with Crippen LogP contribution in [0.3, 0.4) is 0 Å². The quantitative estimate of drug-likeness (QED) is 0.216. The van der Waals surface area contributed by atoms with Crippen LogP contribution in [-0.4, -0.2) is 71.5 Å². The van der Waals surface area contributed by atoms with Gasteiger partial charge in [0.15, 0.2) is 17.5 Å². The number of halogens is 4. The molecule has 28 heavy (non-hydrogen) atoms. The van der Waals surface area contributed by atoms with Crippen LogP contribution in [0.2, 0.25) is 0 Å². The maximum atomic E-state index is 12.3. The Bertz CT molecular complexity index is 601. The van der Waals surface area contributed by atoms with Crippen LogP contribution in [-0.2, 0) is 6.42 Å². The first-order valence-corrected chi connectivity index (χ1v) is 8.69. The molecule has 0 heterocycles. The SMILES string of the molecule is CN=C(NCCCN(C)CC(F)(F)F)NCCc1ccc(OC)c(OC)c1.I. The van der Waals surface area contributed by atoms with Crippen LogP contribution < -0.4 is 20.1 Å². The molecule has 0 saturated carbocycles. The Morgan fingerprint density at radius 3 is 2.32 bits per heavy atom. The van der Waals surface area contributed by atoms with E-state index in [1.807, 2.05) is 18.2 Å². The van der Waals surface area contributed by atoms with Gasteiger partial charge < -0.3 is 20.1 Å². The van der Waals surface area contributed by atoms with Gasteiger partial charge in [-0.05, 0) is 44.1 Å². The number of ether oxygens (including phenoxy) is 2. The summed E-state index contributed by atoms with van der Waals surface area (Å²) in [6.07, 6.45) is -2.82. The summed E-state index contributed by atoms with van der Waals surface area (Å²) in [7, 11) is 6.30. The van der Waals surface area contributed by atoms with Gasteiger partial charge >= 0.3 is 6.18 Å². The van der Waals surface area contributed by atoms with Crippen molar-refractivity contribution < 1.29 is 22.6 Å². The average molecular weight is 518 g/mol. The van der Waals surface area contributed by atoms with Gasteiger partial charge in [0, 0.05) is 20.1 Å². The first kappa shape index (κ1) is 26.6. The van der Waals surface area contributed by atoms with E-state index in [0.717, 1.165) is 12.0 Å². The van der Waals surface area contributed by atoms with Crippen molar-refractivity contribution in [1.29, 1.82) is 0 Å². The van der Waals surface area contributed by atoms with Gasteiger partial charge in [0.2, 0.25) is 0 Å². The molecule has 162 valence electrons. The number of nitrogens with one attached hydrogen (secondary N) is 2. The summed E-state index contributed by atoms with van der Waals surface area (Å²) in [5, 5.41) is 6.28. The van der Waals surface area contributed by atoms with Gasteiger partial charge in [-0.15, -0.1) is 24.0 Å². The summed E-state index contributed by atoms with van der Waals surface area (Å²) in [5.74, 6) is 1.98. The zero-order chi connectivity index (χ0) is 20.3. The molecule has 0 amide bonds. The van der Waals surface area contributed by atoms with E-state index in [0.29, 0.717) is 43.5 Å². The highest BCUT2D eigenvalue weighted by Crippen LogP contribution is 2.27. The molecule has 0 radical (unpaired) electrons. The second kappa shape index (κ2) is 13.7. The van der Waals surface area contributed by atoms with Crippen LogP contribution in [0.15, 0.2) is 23.2 Å². The van der Waals surface area contributed by atoms with Crippen molar-refractivity contribution in [3.05, 3.63) is 23.8 Å². The zero-order valence-electron chi connectivity index (χ0n) is 16.7. The summed E-state index contributed by atoms with van der Waals surface area (Å²) in [6.45, 7) is 0.655. The second-order valence-corrected chi connectivity index (χ2v) is 6.07. The van der Waals surface area contributed by atoms with Crippen molar-refractivity contribution >= 4 is 29.9 Å². The molecule has 0 bridgehead atoms. The monoisotopic (exact) mass is 518 g/mol. The minimum Gasteiger partial charge on any atom is -0.493 e. The number of hydrogen-bond acceptors (Lipinski definition) is 4. The number of hydrogen-bond donors (Lipinski definition) is 2. The number of aliphatic imine (C=N–C) groups is 1. The molecule has 10 heteroatoms. The molecular formula is C18H30F3IN4O2. The lowest BCUT2D eigenvalue weighted by molar-refractivity contribution is -0.143. The summed E-state index contributed by atoms with van der Waals surface area (Å²) >= 11 is 0. The maximum Gasteiger partial charge on any atom is 0.401 e. The second-order valence-electron chi connectivity index (χ2n) is 6.07. The molecule has 0 aliphatic heterocycles. The van der Waals surface area contributed by atoms with Gasteiger partial charge in [0.1, 0.15) is 0 Å². The molecule has 6 nitrogen and oxygen atoms in total. The lowest BCUT2D eigenvalue weighted by atomic mass is 10.1. The number of alkyl halides is 3. The van der Waals surface area contributed by atoms with Crippen molar-refractivity contribution in [2.24, 2.45) is 4.99 Å². The van der Waals surface area contributed by atoms with Gasteiger partial charge in [0.05, 0.1) is 20.8 Å². The molecule has 0 saturated heterocycles. The van der Waals surface area contributed by atoms with E-state index in [1.54, 1.807) is 21.3 Å². The molecule has 1 aromatic rings. The first-order valence-electron chi connectivity index (χ1n) is 8.69. The fourth-order valence-corrected chi connectivity index (χ4v) is 2.52. The van der Waals surface area contributed by atoms with Crippen LogP contribution in [0.4, 0.5) is 13.2 Å². The Labute approximate surface area is 181 Å². The van der Waals surface area contributed by atoms with E-state index in [4.69, 9.17) is 9.47 Å². The molecule has 0 aliphatic carbocycles. The molecular weight excluding hydrogens is 488 g/mol. The molecule has 0 aromatic heterocycles. The number of nitrogens with zero attached hydrogens (tertiary/aromatic N) is 2. The van der Waals surface area contributed by atoms with Gasteiger partial charge in [-0.25, -0.2) is 0 Å². The highest BCUT2D eigenvalue weighted by Gasteiger charge is 2.28. The molecule has 2 N–H and O–H groups in total. The third-order valence-electron chi connectivity index (χ3n) is 3.84. The Morgan fingerprint density at radius 1 is 1.11 bits per heavy atom. The number of benzene rings is 1. The van der Waals surface area contributed by atoms with Crippen LogP contribution >= 0.6 is 24.0 Å². The first-order chi connectivity index (χ1) is 12.8. The highest BCUT2D eigenvalue weighted by molar-refractivity contribution is 14.0. The van der Waals surface area contributed by atoms with E-state index in [-0.39, 0.29) is 24.0 Å². The molecule has 0 atom stereocenters. The summed E-state index contributed by atoms with van der Waals surface area (Å²) in [4.78, 5) is 5.37. The Hall–Kier alpha value is -1.43. The van der Waals surface area contributed by atoms with E-state index >= 15 is 0 Å². The fourth-order valence-electron chi connectivity index (χ4n) is 2.52. The molecule has 1 rings (SSSR count). The minimum atomic E-state index is -4.16. The summed E-state index contributed by atoms with van der Waals surface area (Å²) in [5.41, 5.74) is 1.09. The van der Waals surface area contributed by atoms with Crippen molar-refractivity contribution in [1.82, 2.24) is 15.5 Å². The largest absolute Gasteiger partial charge is 0.493 e. The van der Waals surface area contributed by atoms with Gasteiger partial charge in [-0.1, -0.05) is 6.07 Å². The predicted molar refractivity (Wildman–Crippen MR) is 116 cm³/mol. The average Bonchev–Trinajstić information content (AvgIpc) is 2.61. The van der Waals surface area contributed by atoms with E-state index in [2.05, 4.69) is 15.6 Å². The van der Waals surface area contributed by atoms with Gasteiger partial charge in [0.25, 0.3) is 0 Å². The number of rotatable bonds is 10. The van der Waals surface area contributed by atoms with E-state index < -0.39 is 12.7 Å². The number of guanidine groups is 1. The third-order valence-corrected chi connectivity index (χ3v) is 3.84. The molecule has 1 aromatic carbocycles. The lowest BCUT2D eigenvalue weighted by Gasteiger charge is -2.19. The zero-order valence-corrected chi connectivity index (χ0v) is 19.1. The maximum absolute atomic E-state index is 12.3. The van der Waals surface area contributed by atoms with Crippen molar-refractivity contribution in [2.45, 2.75) is 19.0 Å². The Balaban J connectivity index is 0.00000729. The minimum absolute atomic E-state index is 0.